The topological polar surface area (TPSA) is 76.7 Å². The summed E-state index contributed by atoms with van der Waals surface area (Å²) in [4.78, 5) is 0.345. The van der Waals surface area contributed by atoms with Gasteiger partial charge in [-0.1, -0.05) is 30.3 Å². The predicted molar refractivity (Wildman–Crippen MR) is 118 cm³/mol. The molecule has 0 spiro atoms. The van der Waals surface area contributed by atoms with Crippen molar-refractivity contribution in [3.05, 3.63) is 72.8 Å². The second-order valence-electron chi connectivity index (χ2n) is 5.96. The first-order chi connectivity index (χ1) is 14.0. The molecular weight excluding hydrogens is 408 g/mol. The number of hydrogen-bond donors (Lipinski definition) is 2. The van der Waals surface area contributed by atoms with Gasteiger partial charge in [0.2, 0.25) is 9.84 Å². The number of rotatable bonds is 6. The van der Waals surface area contributed by atoms with Crippen LogP contribution in [0.2, 0.25) is 0 Å². The molecule has 8 heteroatoms. The molecule has 0 saturated heterocycles. The molecule has 0 saturated carbocycles. The van der Waals surface area contributed by atoms with Crippen LogP contribution in [0.15, 0.2) is 82.6 Å². The number of benzene rings is 3. The van der Waals surface area contributed by atoms with Crippen LogP contribution in [0, 0.1) is 0 Å². The third kappa shape index (κ3) is 4.67. The highest BCUT2D eigenvalue weighted by Gasteiger charge is 2.19. The average molecular weight is 429 g/mol. The highest BCUT2D eigenvalue weighted by molar-refractivity contribution is 7.91. The summed E-state index contributed by atoms with van der Waals surface area (Å²) in [5, 5.41) is 6.31. The Morgan fingerprint density at radius 3 is 2.03 bits per heavy atom. The van der Waals surface area contributed by atoms with Gasteiger partial charge in [-0.15, -0.1) is 0 Å². The van der Waals surface area contributed by atoms with Crippen molar-refractivity contribution in [2.24, 2.45) is 0 Å². The zero-order valence-electron chi connectivity index (χ0n) is 15.9. The van der Waals surface area contributed by atoms with Gasteiger partial charge >= 0.3 is 0 Å². The minimum absolute atomic E-state index is 0.132. The Bertz CT molecular complexity index is 1120. The van der Waals surface area contributed by atoms with E-state index in [1.54, 1.807) is 49.6 Å². The molecule has 0 heterocycles. The van der Waals surface area contributed by atoms with Crippen molar-refractivity contribution in [1.82, 2.24) is 0 Å². The SMILES string of the molecule is COc1ccccc1NC(=S)Nc1cc(S(=O)(=O)c2ccccc2)ccc1OC. The zero-order chi connectivity index (χ0) is 20.9. The molecule has 0 aliphatic heterocycles. The van der Waals surface area contributed by atoms with E-state index in [4.69, 9.17) is 21.7 Å². The van der Waals surface area contributed by atoms with E-state index >= 15 is 0 Å². The second-order valence-corrected chi connectivity index (χ2v) is 8.32. The number of thiocarbonyl (C=S) groups is 1. The van der Waals surface area contributed by atoms with Crippen LogP contribution in [-0.2, 0) is 9.84 Å². The van der Waals surface area contributed by atoms with Crippen molar-refractivity contribution in [3.8, 4) is 11.5 Å². The molecule has 0 aliphatic carbocycles. The van der Waals surface area contributed by atoms with Gasteiger partial charge in [0.25, 0.3) is 0 Å². The summed E-state index contributed by atoms with van der Waals surface area (Å²) in [5.74, 6) is 1.09. The van der Waals surface area contributed by atoms with Gasteiger partial charge in [-0.3, -0.25) is 0 Å². The molecule has 2 N–H and O–H groups in total. The monoisotopic (exact) mass is 428 g/mol. The van der Waals surface area contributed by atoms with Gasteiger partial charge < -0.3 is 20.1 Å². The molecular formula is C21H20N2O4S2. The lowest BCUT2D eigenvalue weighted by Crippen LogP contribution is -2.20. The van der Waals surface area contributed by atoms with Crippen molar-refractivity contribution in [3.63, 3.8) is 0 Å². The van der Waals surface area contributed by atoms with Crippen LogP contribution in [0.3, 0.4) is 0 Å². The molecule has 0 radical (unpaired) electrons. The van der Waals surface area contributed by atoms with E-state index in [9.17, 15) is 8.42 Å². The lowest BCUT2D eigenvalue weighted by atomic mass is 10.3. The summed E-state index contributed by atoms with van der Waals surface area (Å²) in [7, 11) is -0.601. The highest BCUT2D eigenvalue weighted by atomic mass is 32.2. The Kier molecular flexibility index (Phi) is 6.36. The van der Waals surface area contributed by atoms with Crippen molar-refractivity contribution in [1.29, 1.82) is 0 Å². The smallest absolute Gasteiger partial charge is 0.206 e. The Balaban J connectivity index is 1.89. The molecule has 0 unspecified atom stereocenters. The lowest BCUT2D eigenvalue weighted by molar-refractivity contribution is 0.416. The number of sulfone groups is 1. The van der Waals surface area contributed by atoms with E-state index in [0.717, 1.165) is 0 Å². The lowest BCUT2D eigenvalue weighted by Gasteiger charge is -2.16. The summed E-state index contributed by atoms with van der Waals surface area (Å²) in [6, 6.07) is 20.2. The molecule has 0 amide bonds. The number of para-hydroxylation sites is 2. The quantitative estimate of drug-likeness (QED) is 0.566. The summed E-state index contributed by atoms with van der Waals surface area (Å²) in [6.45, 7) is 0. The van der Waals surface area contributed by atoms with Crippen molar-refractivity contribution in [2.75, 3.05) is 24.9 Å². The van der Waals surface area contributed by atoms with Crippen LogP contribution in [0.25, 0.3) is 0 Å². The van der Waals surface area contributed by atoms with Gasteiger partial charge in [0.05, 0.1) is 35.4 Å². The first kappa shape index (κ1) is 20.6. The molecule has 29 heavy (non-hydrogen) atoms. The van der Waals surface area contributed by atoms with E-state index in [-0.39, 0.29) is 14.9 Å². The molecule has 0 atom stereocenters. The average Bonchev–Trinajstić information content (AvgIpc) is 2.74. The fraction of sp³-hybridized carbons (Fsp3) is 0.0952. The van der Waals surface area contributed by atoms with Crippen molar-refractivity contribution in [2.45, 2.75) is 9.79 Å². The highest BCUT2D eigenvalue weighted by Crippen LogP contribution is 2.31. The van der Waals surface area contributed by atoms with Gasteiger partial charge in [0, 0.05) is 0 Å². The summed E-state index contributed by atoms with van der Waals surface area (Å²) >= 11 is 5.38. The molecule has 6 nitrogen and oxygen atoms in total. The minimum atomic E-state index is -3.67. The normalized spacial score (nSPS) is 10.8. The van der Waals surface area contributed by atoms with E-state index < -0.39 is 9.84 Å². The molecule has 150 valence electrons. The molecule has 0 aliphatic rings. The molecule has 3 rings (SSSR count). The molecule has 0 aromatic heterocycles. The van der Waals surface area contributed by atoms with Crippen molar-refractivity contribution >= 4 is 38.5 Å². The van der Waals surface area contributed by atoms with Crippen LogP contribution in [-0.4, -0.2) is 27.7 Å². The molecule has 3 aromatic carbocycles. The molecule has 3 aromatic rings. The fourth-order valence-electron chi connectivity index (χ4n) is 2.71. The Morgan fingerprint density at radius 1 is 0.759 bits per heavy atom. The molecule has 0 fully saturated rings. The van der Waals surface area contributed by atoms with E-state index in [1.807, 2.05) is 18.2 Å². The zero-order valence-corrected chi connectivity index (χ0v) is 17.5. The molecule has 0 bridgehead atoms. The second kappa shape index (κ2) is 8.93. The number of hydrogen-bond acceptors (Lipinski definition) is 5. The third-order valence-electron chi connectivity index (χ3n) is 4.14. The van der Waals surface area contributed by atoms with Gasteiger partial charge in [0.15, 0.2) is 5.11 Å². The van der Waals surface area contributed by atoms with Crippen LogP contribution < -0.4 is 20.1 Å². The van der Waals surface area contributed by atoms with E-state index in [0.29, 0.717) is 22.9 Å². The summed E-state index contributed by atoms with van der Waals surface area (Å²) in [5.41, 5.74) is 1.11. The van der Waals surface area contributed by atoms with E-state index in [1.165, 1.54) is 19.2 Å². The predicted octanol–water partition coefficient (Wildman–Crippen LogP) is 4.35. The minimum Gasteiger partial charge on any atom is -0.495 e. The number of methoxy groups -OCH3 is 2. The van der Waals surface area contributed by atoms with E-state index in [2.05, 4.69) is 10.6 Å². The van der Waals surface area contributed by atoms with Crippen molar-refractivity contribution < 1.29 is 17.9 Å². The maximum absolute atomic E-state index is 12.9. The Morgan fingerprint density at radius 2 is 1.34 bits per heavy atom. The third-order valence-corrected chi connectivity index (χ3v) is 6.11. The number of ether oxygens (including phenoxy) is 2. The fourth-order valence-corrected chi connectivity index (χ4v) is 4.24. The van der Waals surface area contributed by atoms with Crippen LogP contribution in [0.5, 0.6) is 11.5 Å². The van der Waals surface area contributed by atoms with Gasteiger partial charge in [-0.2, -0.15) is 0 Å². The Hall–Kier alpha value is -3.10. The Labute approximate surface area is 175 Å². The standard InChI is InChI=1S/C21H20N2O4S2/c1-26-19-11-7-6-10-17(19)22-21(28)23-18-14-16(12-13-20(18)27-2)29(24,25)15-8-4-3-5-9-15/h3-14H,1-2H3,(H2,22,23,28). The van der Waals surface area contributed by atoms with Crippen LogP contribution in [0.1, 0.15) is 0 Å². The van der Waals surface area contributed by atoms with Gasteiger partial charge in [-0.05, 0) is 54.7 Å². The first-order valence-electron chi connectivity index (χ1n) is 8.65. The number of nitrogens with one attached hydrogen (secondary N) is 2. The first-order valence-corrected chi connectivity index (χ1v) is 10.5. The van der Waals surface area contributed by atoms with Crippen LogP contribution in [0.4, 0.5) is 11.4 Å². The summed E-state index contributed by atoms with van der Waals surface area (Å²) in [6.07, 6.45) is 0. The maximum Gasteiger partial charge on any atom is 0.206 e. The maximum atomic E-state index is 12.9. The van der Waals surface area contributed by atoms with Gasteiger partial charge in [-0.25, -0.2) is 8.42 Å². The largest absolute Gasteiger partial charge is 0.495 e. The van der Waals surface area contributed by atoms with Gasteiger partial charge in [0.1, 0.15) is 11.5 Å². The van der Waals surface area contributed by atoms with Crippen LogP contribution >= 0.6 is 12.2 Å². The number of anilines is 2. The summed E-state index contributed by atoms with van der Waals surface area (Å²) < 4.78 is 36.5.